The third-order valence-corrected chi connectivity index (χ3v) is 12.1. The second-order valence-corrected chi connectivity index (χ2v) is 15.9. The Labute approximate surface area is 344 Å². The number of rotatable bonds is 7. The molecule has 0 amide bonds. The van der Waals surface area contributed by atoms with Crippen LogP contribution in [-0.2, 0) is 5.41 Å². The summed E-state index contributed by atoms with van der Waals surface area (Å²) < 4.78 is 2.34. The molecule has 7 aromatic carbocycles. The van der Waals surface area contributed by atoms with Crippen LogP contribution in [0.3, 0.4) is 0 Å². The van der Waals surface area contributed by atoms with Crippen LogP contribution < -0.4 is 4.90 Å². The van der Waals surface area contributed by atoms with Gasteiger partial charge in [0.05, 0.1) is 22.4 Å². The molecule has 3 heterocycles. The molecule has 0 saturated heterocycles. The topological polar surface area (TPSA) is 34.0 Å². The monoisotopic (exact) mass is 756 g/mol. The maximum absolute atomic E-state index is 4.69. The average molecular weight is 757 g/mol. The highest BCUT2D eigenvalue weighted by atomic mass is 15.1. The van der Waals surface area contributed by atoms with Gasteiger partial charge >= 0.3 is 0 Å². The van der Waals surface area contributed by atoms with Crippen LogP contribution in [0.25, 0.3) is 72.3 Å². The van der Waals surface area contributed by atoms with Gasteiger partial charge in [0.2, 0.25) is 0 Å². The van der Waals surface area contributed by atoms with Gasteiger partial charge in [0.1, 0.15) is 0 Å². The minimum absolute atomic E-state index is 0.0725. The van der Waals surface area contributed by atoms with Crippen LogP contribution in [-0.4, -0.2) is 14.5 Å². The van der Waals surface area contributed by atoms with Crippen LogP contribution in [0.5, 0.6) is 0 Å². The van der Waals surface area contributed by atoms with E-state index in [-0.39, 0.29) is 5.41 Å². The fourth-order valence-electron chi connectivity index (χ4n) is 9.18. The predicted molar refractivity (Wildman–Crippen MR) is 245 cm³/mol. The van der Waals surface area contributed by atoms with E-state index in [0.717, 1.165) is 45.2 Å². The lowest BCUT2D eigenvalue weighted by Gasteiger charge is -2.27. The molecule has 11 rings (SSSR count). The van der Waals surface area contributed by atoms with Crippen molar-refractivity contribution in [2.24, 2.45) is 0 Å². The Balaban J connectivity index is 1.06. The molecule has 0 radical (unpaired) electrons. The first-order chi connectivity index (χ1) is 29.0. The lowest BCUT2D eigenvalue weighted by molar-refractivity contribution is 0.660. The molecule has 59 heavy (non-hydrogen) atoms. The normalized spacial score (nSPS) is 12.7. The quantitative estimate of drug-likeness (QED) is 0.162. The summed E-state index contributed by atoms with van der Waals surface area (Å²) in [4.78, 5) is 11.7. The number of para-hydroxylation sites is 1. The van der Waals surface area contributed by atoms with Gasteiger partial charge in [0.15, 0.2) is 0 Å². The zero-order valence-corrected chi connectivity index (χ0v) is 32.9. The summed E-state index contributed by atoms with van der Waals surface area (Å²) in [6.07, 6.45) is 3.69. The molecule has 1 aliphatic carbocycles. The molecular weight excluding hydrogens is 717 g/mol. The molecule has 0 fully saturated rings. The molecule has 0 aliphatic heterocycles. The highest BCUT2D eigenvalue weighted by Crippen LogP contribution is 2.50. The predicted octanol–water partition coefficient (Wildman–Crippen LogP) is 14.4. The molecule has 0 saturated carbocycles. The SMILES string of the molecule is CC1(C)c2ccccc2-c2ccc(-c3cccc(N(c4ccc(-c5ccccc5)cc4)c4ccc5c(c4)c4ccccc4n5-c4ccnc(-c5ccccn5)c4)c3)cc21. The van der Waals surface area contributed by atoms with Crippen molar-refractivity contribution in [2.45, 2.75) is 19.3 Å². The van der Waals surface area contributed by atoms with Gasteiger partial charge in [0.25, 0.3) is 0 Å². The fraction of sp³-hybridized carbons (Fsp3) is 0.0545. The first-order valence-corrected chi connectivity index (χ1v) is 20.2. The van der Waals surface area contributed by atoms with Crippen molar-refractivity contribution in [3.8, 4) is 50.5 Å². The number of pyridine rings is 2. The minimum Gasteiger partial charge on any atom is -0.310 e. The van der Waals surface area contributed by atoms with Gasteiger partial charge in [-0.25, -0.2) is 0 Å². The molecule has 0 atom stereocenters. The number of fused-ring (bicyclic) bond motifs is 6. The summed E-state index contributed by atoms with van der Waals surface area (Å²) in [5, 5.41) is 2.37. The van der Waals surface area contributed by atoms with Gasteiger partial charge < -0.3 is 9.47 Å². The van der Waals surface area contributed by atoms with E-state index in [1.807, 2.05) is 30.6 Å². The van der Waals surface area contributed by atoms with Crippen molar-refractivity contribution >= 4 is 38.9 Å². The third-order valence-electron chi connectivity index (χ3n) is 12.1. The number of benzene rings is 7. The summed E-state index contributed by atoms with van der Waals surface area (Å²) in [6.45, 7) is 4.69. The molecule has 1 aliphatic rings. The summed E-state index contributed by atoms with van der Waals surface area (Å²) >= 11 is 0. The van der Waals surface area contributed by atoms with Crippen molar-refractivity contribution in [3.05, 3.63) is 218 Å². The molecular formula is C55H40N4. The van der Waals surface area contributed by atoms with Gasteiger partial charge in [-0.05, 0) is 123 Å². The van der Waals surface area contributed by atoms with Crippen LogP contribution in [0, 0.1) is 0 Å². The Morgan fingerprint density at radius 3 is 1.93 bits per heavy atom. The summed E-state index contributed by atoms with van der Waals surface area (Å²) in [5.41, 5.74) is 18.4. The van der Waals surface area contributed by atoms with E-state index in [9.17, 15) is 0 Å². The van der Waals surface area contributed by atoms with Gasteiger partial charge in [-0.3, -0.25) is 9.97 Å². The average Bonchev–Trinajstić information content (AvgIpc) is 3.75. The molecule has 3 aromatic heterocycles. The number of anilines is 3. The van der Waals surface area contributed by atoms with Crippen molar-refractivity contribution in [1.82, 2.24) is 14.5 Å². The summed E-state index contributed by atoms with van der Waals surface area (Å²) in [7, 11) is 0. The fourth-order valence-corrected chi connectivity index (χ4v) is 9.18. The first-order valence-electron chi connectivity index (χ1n) is 20.2. The lowest BCUT2D eigenvalue weighted by Crippen LogP contribution is -2.14. The number of hydrogen-bond acceptors (Lipinski definition) is 3. The smallest absolute Gasteiger partial charge is 0.0906 e. The second kappa shape index (κ2) is 13.8. The van der Waals surface area contributed by atoms with Gasteiger partial charge in [0, 0.05) is 51.3 Å². The Kier molecular flexibility index (Phi) is 8.12. The summed E-state index contributed by atoms with van der Waals surface area (Å²) in [5.74, 6) is 0. The minimum atomic E-state index is -0.0725. The van der Waals surface area contributed by atoms with Crippen molar-refractivity contribution in [2.75, 3.05) is 4.90 Å². The van der Waals surface area contributed by atoms with Crippen molar-refractivity contribution < 1.29 is 0 Å². The van der Waals surface area contributed by atoms with Gasteiger partial charge in [-0.1, -0.05) is 129 Å². The Morgan fingerprint density at radius 2 is 1.07 bits per heavy atom. The molecule has 0 spiro atoms. The number of nitrogens with zero attached hydrogens (tertiary/aromatic N) is 4. The van der Waals surface area contributed by atoms with Gasteiger partial charge in [-0.15, -0.1) is 0 Å². The summed E-state index contributed by atoms with van der Waals surface area (Å²) in [6, 6.07) is 70.1. The number of hydrogen-bond donors (Lipinski definition) is 0. The van der Waals surface area contributed by atoms with E-state index in [4.69, 9.17) is 0 Å². The van der Waals surface area contributed by atoms with Crippen LogP contribution in [0.4, 0.5) is 17.1 Å². The molecule has 4 nitrogen and oxygen atoms in total. The Hall–Kier alpha value is -7.56. The molecule has 0 bridgehead atoms. The standard InChI is InChI=1S/C55H40N4/c1-55(2)49-19-8-6-17-45(49)46-28-24-40(34-50(46)55)39-15-12-16-42(33-39)58(41-25-22-38(23-26-41)37-13-4-3-5-14-37)43-27-29-54-48(35-43)47-18-7-9-21-53(47)59(54)44-30-32-57-52(36-44)51-20-10-11-31-56-51/h3-36H,1-2H3. The van der Waals surface area contributed by atoms with Crippen LogP contribution in [0.1, 0.15) is 25.0 Å². The lowest BCUT2D eigenvalue weighted by atomic mass is 9.81. The van der Waals surface area contributed by atoms with Crippen LogP contribution >= 0.6 is 0 Å². The zero-order valence-electron chi connectivity index (χ0n) is 32.9. The van der Waals surface area contributed by atoms with Crippen molar-refractivity contribution in [3.63, 3.8) is 0 Å². The maximum atomic E-state index is 4.69. The van der Waals surface area contributed by atoms with E-state index < -0.39 is 0 Å². The molecule has 280 valence electrons. The van der Waals surface area contributed by atoms with E-state index in [1.165, 1.54) is 55.3 Å². The first kappa shape index (κ1) is 34.7. The molecule has 0 unspecified atom stereocenters. The second-order valence-electron chi connectivity index (χ2n) is 15.9. The highest BCUT2D eigenvalue weighted by Gasteiger charge is 2.35. The van der Waals surface area contributed by atoms with Crippen LogP contribution in [0.15, 0.2) is 207 Å². The van der Waals surface area contributed by atoms with E-state index in [0.29, 0.717) is 0 Å². The van der Waals surface area contributed by atoms with Crippen LogP contribution in [0.2, 0.25) is 0 Å². The van der Waals surface area contributed by atoms with E-state index in [1.54, 1.807) is 0 Å². The highest BCUT2D eigenvalue weighted by molar-refractivity contribution is 6.10. The molecule has 0 N–H and O–H groups in total. The molecule has 10 aromatic rings. The Bertz CT molecular complexity index is 3180. The third kappa shape index (κ3) is 5.83. The maximum Gasteiger partial charge on any atom is 0.0906 e. The Morgan fingerprint density at radius 1 is 0.407 bits per heavy atom. The van der Waals surface area contributed by atoms with Crippen molar-refractivity contribution in [1.29, 1.82) is 0 Å². The molecule has 4 heteroatoms. The number of aromatic nitrogens is 3. The van der Waals surface area contributed by atoms with E-state index in [2.05, 4.69) is 209 Å². The van der Waals surface area contributed by atoms with E-state index >= 15 is 0 Å². The zero-order chi connectivity index (χ0) is 39.5. The largest absolute Gasteiger partial charge is 0.310 e. The van der Waals surface area contributed by atoms with Gasteiger partial charge in [-0.2, -0.15) is 0 Å².